The lowest BCUT2D eigenvalue weighted by molar-refractivity contribution is 0.105. The molecule has 0 fully saturated rings. The Morgan fingerprint density at radius 2 is 1.67 bits per heavy atom. The lowest BCUT2D eigenvalue weighted by Gasteiger charge is -2.04. The van der Waals surface area contributed by atoms with Crippen molar-refractivity contribution in [1.29, 1.82) is 0 Å². The van der Waals surface area contributed by atoms with Crippen LogP contribution in [-0.4, -0.2) is 15.6 Å². The van der Waals surface area contributed by atoms with E-state index < -0.39 is 0 Å². The van der Waals surface area contributed by atoms with Crippen molar-refractivity contribution >= 4 is 34.5 Å². The summed E-state index contributed by atoms with van der Waals surface area (Å²) in [6.45, 7) is 3.85. The van der Waals surface area contributed by atoms with E-state index in [1.165, 1.54) is 4.68 Å². The summed E-state index contributed by atoms with van der Waals surface area (Å²) in [6, 6.07) is 16.0. The second kappa shape index (κ2) is 6.22. The molecule has 4 N–H and O–H groups in total. The monoisotopic (exact) mass is 338 g/mol. The molecule has 0 unspecified atom stereocenters. The molecular formula is C18H15ClN4O. The van der Waals surface area contributed by atoms with E-state index in [0.717, 1.165) is 0 Å². The van der Waals surface area contributed by atoms with Gasteiger partial charge < -0.3 is 11.5 Å². The summed E-state index contributed by atoms with van der Waals surface area (Å²) in [5.41, 5.74) is 13.9. The number of benzene rings is 2. The zero-order valence-corrected chi connectivity index (χ0v) is 13.5. The topological polar surface area (TPSA) is 86.9 Å². The van der Waals surface area contributed by atoms with Gasteiger partial charge in [-0.1, -0.05) is 48.5 Å². The summed E-state index contributed by atoms with van der Waals surface area (Å²) in [6.07, 6.45) is 0. The molecule has 1 heterocycles. The van der Waals surface area contributed by atoms with Gasteiger partial charge in [0.1, 0.15) is 5.69 Å². The number of allylic oxidation sites excluding steroid dienone is 1. The number of anilines is 2. The molecule has 1 aromatic heterocycles. The van der Waals surface area contributed by atoms with Gasteiger partial charge in [-0.15, -0.1) is 0 Å². The summed E-state index contributed by atoms with van der Waals surface area (Å²) < 4.78 is 1.41. The molecule has 0 bridgehead atoms. The number of nitrogen functional groups attached to an aromatic ring is 2. The molecule has 0 aliphatic heterocycles. The Balaban J connectivity index is 2.00. The number of carbonyl (C=O) groups is 1. The van der Waals surface area contributed by atoms with Crippen LogP contribution >= 0.6 is 11.6 Å². The van der Waals surface area contributed by atoms with Crippen LogP contribution in [0.1, 0.15) is 16.1 Å². The molecular weight excluding hydrogens is 324 g/mol. The van der Waals surface area contributed by atoms with Crippen LogP contribution in [0.3, 0.4) is 0 Å². The number of nitrogens with two attached hydrogens (primary N) is 2. The number of hydrogen-bond acceptors (Lipinski definition) is 4. The van der Waals surface area contributed by atoms with Gasteiger partial charge in [0, 0.05) is 10.6 Å². The number of Topliss-reactive ketones (excluding diaryl/α,β-unsaturated/α-hetero) is 1. The molecule has 0 aliphatic carbocycles. The third-order valence-electron chi connectivity index (χ3n) is 3.64. The quantitative estimate of drug-likeness (QED) is 0.562. The average Bonchev–Trinajstić information content (AvgIpc) is 2.91. The Hall–Kier alpha value is -3.05. The van der Waals surface area contributed by atoms with E-state index in [4.69, 9.17) is 23.1 Å². The zero-order valence-electron chi connectivity index (χ0n) is 12.7. The van der Waals surface area contributed by atoms with E-state index in [1.54, 1.807) is 36.4 Å². The van der Waals surface area contributed by atoms with Crippen LogP contribution in [0, 0.1) is 0 Å². The first-order valence-electron chi connectivity index (χ1n) is 7.18. The fraction of sp³-hybridized carbons (Fsp3) is 0. The van der Waals surface area contributed by atoms with Gasteiger partial charge in [0.15, 0.2) is 11.5 Å². The van der Waals surface area contributed by atoms with Gasteiger partial charge in [-0.05, 0) is 29.8 Å². The first-order chi connectivity index (χ1) is 11.5. The fourth-order valence-electron chi connectivity index (χ4n) is 2.30. The molecule has 0 spiro atoms. The van der Waals surface area contributed by atoms with Gasteiger partial charge in [0.2, 0.25) is 5.78 Å². The van der Waals surface area contributed by atoms with Gasteiger partial charge >= 0.3 is 0 Å². The van der Waals surface area contributed by atoms with Gasteiger partial charge in [-0.2, -0.15) is 5.10 Å². The minimum atomic E-state index is -0.363. The molecule has 0 atom stereocenters. The molecule has 24 heavy (non-hydrogen) atoms. The lowest BCUT2D eigenvalue weighted by Crippen LogP contribution is -2.06. The lowest BCUT2D eigenvalue weighted by atomic mass is 10.0. The van der Waals surface area contributed by atoms with Crippen LogP contribution in [0.5, 0.6) is 0 Å². The molecule has 6 heteroatoms. The highest BCUT2D eigenvalue weighted by molar-refractivity contribution is 6.30. The summed E-state index contributed by atoms with van der Waals surface area (Å²) in [4.78, 5) is 12.7. The molecule has 0 saturated heterocycles. The van der Waals surface area contributed by atoms with E-state index in [9.17, 15) is 4.79 Å². The number of hydrogen-bond donors (Lipinski definition) is 2. The molecule has 120 valence electrons. The zero-order chi connectivity index (χ0) is 17.3. The first-order valence-corrected chi connectivity index (χ1v) is 7.55. The Morgan fingerprint density at radius 3 is 2.29 bits per heavy atom. The largest absolute Gasteiger partial charge is 0.394 e. The summed E-state index contributed by atoms with van der Waals surface area (Å²) in [5, 5.41) is 4.86. The van der Waals surface area contributed by atoms with Crippen LogP contribution in [0.4, 0.5) is 11.5 Å². The normalized spacial score (nSPS) is 10.5. The second-order valence-corrected chi connectivity index (χ2v) is 5.65. The maximum absolute atomic E-state index is 12.7. The SMILES string of the molecule is C=C(C(=O)c1nn(-c2ccc(Cl)cc2)c(N)c1N)c1ccccc1. The first kappa shape index (κ1) is 15.8. The van der Waals surface area contributed by atoms with Crippen LogP contribution in [0.25, 0.3) is 11.3 Å². The second-order valence-electron chi connectivity index (χ2n) is 5.21. The van der Waals surface area contributed by atoms with Gasteiger partial charge in [0.05, 0.1) is 5.69 Å². The van der Waals surface area contributed by atoms with E-state index in [2.05, 4.69) is 11.7 Å². The molecule has 2 aromatic carbocycles. The minimum Gasteiger partial charge on any atom is -0.394 e. The van der Waals surface area contributed by atoms with Crippen LogP contribution < -0.4 is 11.5 Å². The standard InChI is InChI=1S/C18H15ClN4O/c1-11(12-5-3-2-4-6-12)17(24)16-15(20)18(21)23(22-16)14-9-7-13(19)8-10-14/h2-10H,1,20-21H2. The van der Waals surface area contributed by atoms with E-state index >= 15 is 0 Å². The number of carbonyl (C=O) groups excluding carboxylic acids is 1. The Morgan fingerprint density at radius 1 is 1.04 bits per heavy atom. The van der Waals surface area contributed by atoms with Crippen molar-refractivity contribution in [2.24, 2.45) is 0 Å². The number of aromatic nitrogens is 2. The Labute approximate surface area is 144 Å². The summed E-state index contributed by atoms with van der Waals surface area (Å²) in [5.74, 6) is -0.167. The molecule has 0 saturated carbocycles. The smallest absolute Gasteiger partial charge is 0.215 e. The molecule has 0 radical (unpaired) electrons. The highest BCUT2D eigenvalue weighted by atomic mass is 35.5. The molecule has 3 rings (SSSR count). The number of rotatable bonds is 4. The summed E-state index contributed by atoms with van der Waals surface area (Å²) >= 11 is 5.88. The van der Waals surface area contributed by atoms with Gasteiger partial charge in [-0.3, -0.25) is 4.79 Å². The average molecular weight is 339 g/mol. The Bertz CT molecular complexity index is 914. The maximum atomic E-state index is 12.7. The van der Waals surface area contributed by atoms with Crippen LogP contribution in [-0.2, 0) is 0 Å². The van der Waals surface area contributed by atoms with Crippen LogP contribution in [0.15, 0.2) is 61.2 Å². The van der Waals surface area contributed by atoms with Crippen molar-refractivity contribution in [1.82, 2.24) is 9.78 Å². The molecule has 3 aromatic rings. The van der Waals surface area contributed by atoms with Crippen LogP contribution in [0.2, 0.25) is 5.02 Å². The van der Waals surface area contributed by atoms with E-state index in [0.29, 0.717) is 21.8 Å². The van der Waals surface area contributed by atoms with Gasteiger partial charge in [-0.25, -0.2) is 4.68 Å². The van der Waals surface area contributed by atoms with Crippen molar-refractivity contribution in [3.8, 4) is 5.69 Å². The van der Waals surface area contributed by atoms with Crippen molar-refractivity contribution in [3.63, 3.8) is 0 Å². The fourth-order valence-corrected chi connectivity index (χ4v) is 2.43. The number of nitrogens with zero attached hydrogens (tertiary/aromatic N) is 2. The summed E-state index contributed by atoms with van der Waals surface area (Å²) in [7, 11) is 0. The predicted molar refractivity (Wildman–Crippen MR) is 97.2 cm³/mol. The third-order valence-corrected chi connectivity index (χ3v) is 3.89. The highest BCUT2D eigenvalue weighted by Crippen LogP contribution is 2.27. The van der Waals surface area contributed by atoms with Crippen molar-refractivity contribution < 1.29 is 4.79 Å². The molecule has 0 amide bonds. The van der Waals surface area contributed by atoms with Crippen molar-refractivity contribution in [3.05, 3.63) is 77.5 Å². The predicted octanol–water partition coefficient (Wildman–Crippen LogP) is 3.59. The van der Waals surface area contributed by atoms with Crippen molar-refractivity contribution in [2.45, 2.75) is 0 Å². The minimum absolute atomic E-state index is 0.0799. The molecule has 5 nitrogen and oxygen atoms in total. The third kappa shape index (κ3) is 2.77. The van der Waals surface area contributed by atoms with E-state index in [-0.39, 0.29) is 23.0 Å². The van der Waals surface area contributed by atoms with Gasteiger partial charge in [0.25, 0.3) is 0 Å². The van der Waals surface area contributed by atoms with Crippen molar-refractivity contribution in [2.75, 3.05) is 11.5 Å². The highest BCUT2D eigenvalue weighted by Gasteiger charge is 2.22. The Kier molecular flexibility index (Phi) is 4.10. The number of halogens is 1. The number of ketones is 1. The molecule has 0 aliphatic rings. The van der Waals surface area contributed by atoms with E-state index in [1.807, 2.05) is 18.2 Å². The maximum Gasteiger partial charge on any atom is 0.215 e.